The lowest BCUT2D eigenvalue weighted by Gasteiger charge is -2.44. The molecular formula is C18H26N2. The second-order valence-corrected chi connectivity index (χ2v) is 6.91. The van der Waals surface area contributed by atoms with Gasteiger partial charge in [0, 0.05) is 25.2 Å². The first kappa shape index (κ1) is 12.8. The highest BCUT2D eigenvalue weighted by atomic mass is 15.3. The number of likely N-dealkylation sites (N-methyl/N-ethyl adjacent to an activating group) is 1. The van der Waals surface area contributed by atoms with E-state index in [1.165, 1.54) is 45.3 Å². The monoisotopic (exact) mass is 270 g/mol. The minimum Gasteiger partial charge on any atom is -0.314 e. The lowest BCUT2D eigenvalue weighted by molar-refractivity contribution is 0.0583. The maximum Gasteiger partial charge on any atom is 0.0348 e. The Labute approximate surface area is 122 Å². The van der Waals surface area contributed by atoms with Crippen LogP contribution in [0.4, 0.5) is 0 Å². The Morgan fingerprint density at radius 3 is 2.10 bits per heavy atom. The van der Waals surface area contributed by atoms with Gasteiger partial charge in [0.1, 0.15) is 0 Å². The smallest absolute Gasteiger partial charge is 0.0348 e. The van der Waals surface area contributed by atoms with Crippen molar-refractivity contribution in [1.82, 2.24) is 10.2 Å². The average molecular weight is 270 g/mol. The molecule has 0 aromatic heterocycles. The zero-order valence-electron chi connectivity index (χ0n) is 12.5. The van der Waals surface area contributed by atoms with Crippen LogP contribution in [0.15, 0.2) is 24.3 Å². The number of nitrogens with one attached hydrogen (secondary N) is 1. The van der Waals surface area contributed by atoms with Gasteiger partial charge >= 0.3 is 0 Å². The molecule has 2 nitrogen and oxygen atoms in total. The van der Waals surface area contributed by atoms with E-state index in [-0.39, 0.29) is 0 Å². The van der Waals surface area contributed by atoms with Crippen molar-refractivity contribution >= 4 is 0 Å². The van der Waals surface area contributed by atoms with E-state index in [9.17, 15) is 0 Å². The molecule has 108 valence electrons. The van der Waals surface area contributed by atoms with E-state index in [4.69, 9.17) is 0 Å². The summed E-state index contributed by atoms with van der Waals surface area (Å²) in [6.07, 6.45) is 5.52. The van der Waals surface area contributed by atoms with Gasteiger partial charge in [-0.1, -0.05) is 31.2 Å². The quantitative estimate of drug-likeness (QED) is 0.908. The molecule has 1 saturated heterocycles. The second kappa shape index (κ2) is 5.16. The van der Waals surface area contributed by atoms with E-state index in [1.54, 1.807) is 11.1 Å². The van der Waals surface area contributed by atoms with Crippen LogP contribution in [-0.2, 0) is 12.8 Å². The van der Waals surface area contributed by atoms with Crippen LogP contribution in [0.1, 0.15) is 30.9 Å². The van der Waals surface area contributed by atoms with Crippen LogP contribution in [0.5, 0.6) is 0 Å². The van der Waals surface area contributed by atoms with Crippen molar-refractivity contribution in [3.8, 4) is 0 Å². The summed E-state index contributed by atoms with van der Waals surface area (Å²) >= 11 is 0. The second-order valence-electron chi connectivity index (χ2n) is 6.91. The van der Waals surface area contributed by atoms with Crippen LogP contribution in [-0.4, -0.2) is 36.6 Å². The molecule has 2 fully saturated rings. The third kappa shape index (κ3) is 2.01. The normalized spacial score (nSPS) is 32.8. The number of fused-ring (bicyclic) bond motifs is 3. The molecule has 3 aliphatic rings. The zero-order valence-corrected chi connectivity index (χ0v) is 12.5. The van der Waals surface area contributed by atoms with Crippen molar-refractivity contribution < 1.29 is 0 Å². The van der Waals surface area contributed by atoms with E-state index in [2.05, 4.69) is 41.4 Å². The fraction of sp³-hybridized carbons (Fsp3) is 0.667. The van der Waals surface area contributed by atoms with Gasteiger partial charge in [0.2, 0.25) is 0 Å². The molecule has 2 heteroatoms. The van der Waals surface area contributed by atoms with Crippen molar-refractivity contribution in [1.29, 1.82) is 0 Å². The Kier molecular flexibility index (Phi) is 3.31. The Morgan fingerprint density at radius 1 is 1.05 bits per heavy atom. The van der Waals surface area contributed by atoms with Crippen LogP contribution in [0, 0.1) is 11.8 Å². The molecule has 4 rings (SSSR count). The van der Waals surface area contributed by atoms with Crippen molar-refractivity contribution in [2.45, 2.75) is 44.7 Å². The summed E-state index contributed by atoms with van der Waals surface area (Å²) in [4.78, 5) is 2.84. The molecule has 1 heterocycles. The molecule has 1 saturated carbocycles. The number of rotatable bonds is 3. The van der Waals surface area contributed by atoms with Gasteiger partial charge in [-0.15, -0.1) is 0 Å². The molecule has 1 aromatic rings. The van der Waals surface area contributed by atoms with Crippen LogP contribution in [0.25, 0.3) is 0 Å². The largest absolute Gasteiger partial charge is 0.314 e. The van der Waals surface area contributed by atoms with E-state index < -0.39 is 0 Å². The molecule has 20 heavy (non-hydrogen) atoms. The van der Waals surface area contributed by atoms with E-state index in [0.29, 0.717) is 0 Å². The first-order valence-corrected chi connectivity index (χ1v) is 8.40. The van der Waals surface area contributed by atoms with E-state index >= 15 is 0 Å². The average Bonchev–Trinajstić information content (AvgIpc) is 2.68. The van der Waals surface area contributed by atoms with Gasteiger partial charge in [-0.25, -0.2) is 0 Å². The van der Waals surface area contributed by atoms with E-state index in [1.807, 2.05) is 0 Å². The number of hydrogen-bond acceptors (Lipinski definition) is 2. The predicted octanol–water partition coefficient (Wildman–Crippen LogP) is 2.47. The number of nitrogens with zero attached hydrogens (tertiary/aromatic N) is 1. The van der Waals surface area contributed by atoms with Gasteiger partial charge in [0.25, 0.3) is 0 Å². The molecule has 1 aliphatic heterocycles. The van der Waals surface area contributed by atoms with Crippen LogP contribution in [0.2, 0.25) is 0 Å². The van der Waals surface area contributed by atoms with Crippen molar-refractivity contribution in [2.24, 2.45) is 11.8 Å². The lowest BCUT2D eigenvalue weighted by atomic mass is 9.91. The summed E-state index contributed by atoms with van der Waals surface area (Å²) in [5.41, 5.74) is 3.26. The minimum absolute atomic E-state index is 0.800. The standard InChI is InChI=1S/C18H26N2/c1-2-20(17-11-19-12-17)18-15-7-8-16(18)10-14-6-4-3-5-13(14)9-15/h3-6,15-19H,2,7-12H2,1H3. The molecule has 0 radical (unpaired) electrons. The lowest BCUT2D eigenvalue weighted by Crippen LogP contribution is -2.61. The summed E-state index contributed by atoms with van der Waals surface area (Å²) in [6.45, 7) is 5.99. The third-order valence-electron chi connectivity index (χ3n) is 5.93. The highest BCUT2D eigenvalue weighted by Crippen LogP contribution is 2.43. The molecule has 2 bridgehead atoms. The molecule has 0 amide bonds. The minimum atomic E-state index is 0.800. The Hall–Kier alpha value is -0.860. The number of hydrogen-bond donors (Lipinski definition) is 1. The first-order chi connectivity index (χ1) is 9.86. The van der Waals surface area contributed by atoms with Crippen LogP contribution in [0.3, 0.4) is 0 Å². The molecular weight excluding hydrogens is 244 g/mol. The van der Waals surface area contributed by atoms with Gasteiger partial charge in [0.05, 0.1) is 0 Å². The highest BCUT2D eigenvalue weighted by Gasteiger charge is 2.44. The maximum absolute atomic E-state index is 3.46. The summed E-state index contributed by atoms with van der Waals surface area (Å²) in [6, 6.07) is 10.8. The van der Waals surface area contributed by atoms with Gasteiger partial charge in [-0.05, 0) is 55.2 Å². The molecule has 1 aromatic carbocycles. The first-order valence-electron chi connectivity index (χ1n) is 8.40. The van der Waals surface area contributed by atoms with Crippen LogP contribution < -0.4 is 5.32 Å². The van der Waals surface area contributed by atoms with Crippen molar-refractivity contribution in [2.75, 3.05) is 19.6 Å². The Morgan fingerprint density at radius 2 is 1.65 bits per heavy atom. The molecule has 2 atom stereocenters. The van der Waals surface area contributed by atoms with Crippen LogP contribution >= 0.6 is 0 Å². The molecule has 2 unspecified atom stereocenters. The van der Waals surface area contributed by atoms with Gasteiger partial charge in [-0.2, -0.15) is 0 Å². The summed E-state index contributed by atoms with van der Waals surface area (Å²) in [5, 5.41) is 3.46. The molecule has 1 N–H and O–H groups in total. The SMILES string of the molecule is CCN(C1CNC1)C1C2CCC1Cc1ccccc1C2. The third-order valence-corrected chi connectivity index (χ3v) is 5.93. The number of benzene rings is 1. The fourth-order valence-electron chi connectivity index (χ4n) is 4.88. The zero-order chi connectivity index (χ0) is 13.5. The topological polar surface area (TPSA) is 15.3 Å². The summed E-state index contributed by atoms with van der Waals surface area (Å²) in [7, 11) is 0. The van der Waals surface area contributed by atoms with Gasteiger partial charge in [0.15, 0.2) is 0 Å². The summed E-state index contributed by atoms with van der Waals surface area (Å²) < 4.78 is 0. The Bertz CT molecular complexity index is 447. The fourth-order valence-corrected chi connectivity index (χ4v) is 4.88. The highest BCUT2D eigenvalue weighted by molar-refractivity contribution is 5.31. The van der Waals surface area contributed by atoms with Crippen molar-refractivity contribution in [3.05, 3.63) is 35.4 Å². The maximum atomic E-state index is 3.46. The molecule has 2 aliphatic carbocycles. The predicted molar refractivity (Wildman–Crippen MR) is 82.9 cm³/mol. The van der Waals surface area contributed by atoms with Gasteiger partial charge in [-0.3, -0.25) is 4.90 Å². The summed E-state index contributed by atoms with van der Waals surface area (Å²) in [5.74, 6) is 1.79. The Balaban J connectivity index is 1.63. The van der Waals surface area contributed by atoms with E-state index in [0.717, 1.165) is 23.9 Å². The van der Waals surface area contributed by atoms with Crippen molar-refractivity contribution in [3.63, 3.8) is 0 Å². The molecule has 0 spiro atoms. The van der Waals surface area contributed by atoms with Gasteiger partial charge < -0.3 is 5.32 Å².